The Morgan fingerprint density at radius 3 is 0.600 bits per heavy atom. The van der Waals surface area contributed by atoms with Crippen LogP contribution in [0, 0.1) is 22.3 Å². The van der Waals surface area contributed by atoms with Gasteiger partial charge < -0.3 is 28.4 Å². The quantitative estimate of drug-likeness (QED) is 0.386. The molecule has 0 rings (SSSR count). The molecular weight excluding hydrogens is 151 g/mol. The first-order chi connectivity index (χ1) is 0. The van der Waals surface area contributed by atoms with Crippen LogP contribution >= 0.6 is 0 Å². The van der Waals surface area contributed by atoms with Crippen LogP contribution in [-0.2, 0) is 19.5 Å². The molecule has 0 unspecified atom stereocenters. The number of hydrogen-bond acceptors (Lipinski definition) is 0. The molecule has 0 fully saturated rings. The Morgan fingerprint density at radius 2 is 0.600 bits per heavy atom. The van der Waals surface area contributed by atoms with Gasteiger partial charge in [0, 0.05) is 0 Å². The van der Waals surface area contributed by atoms with Gasteiger partial charge in [-0.1, -0.05) is 0 Å². The smallest absolute Gasteiger partial charge is 0.693 e. The maximum atomic E-state index is 0. The Balaban J connectivity index is 0. The van der Waals surface area contributed by atoms with Crippen molar-refractivity contribution in [3.05, 3.63) is 28.4 Å². The van der Waals surface area contributed by atoms with Crippen molar-refractivity contribution in [2.75, 3.05) is 0 Å². The van der Waals surface area contributed by atoms with Crippen LogP contribution < -0.4 is 0 Å². The van der Waals surface area contributed by atoms with Gasteiger partial charge in [-0.2, -0.15) is 0 Å². The molecule has 0 aromatic carbocycles. The second kappa shape index (κ2) is 173. The van der Waals surface area contributed by atoms with Crippen molar-refractivity contribution >= 4 is 0 Å². The summed E-state index contributed by atoms with van der Waals surface area (Å²) in [5.41, 5.74) is 0. The Kier molecular flexibility index (Phi) is 11900. The van der Waals surface area contributed by atoms with Crippen molar-refractivity contribution in [3.8, 4) is 0 Å². The molecule has 5 heavy (non-hydrogen) atoms. The summed E-state index contributed by atoms with van der Waals surface area (Å²) in [6.45, 7) is 0. The zero-order valence-corrected chi connectivity index (χ0v) is 5.67. The summed E-state index contributed by atoms with van der Waals surface area (Å²) >= 11 is 0. The van der Waals surface area contributed by atoms with Crippen molar-refractivity contribution in [2.45, 2.75) is 0 Å². The van der Waals surface area contributed by atoms with Gasteiger partial charge in [-0.3, -0.25) is 0 Å². The third kappa shape index (κ3) is 89.9. The first kappa shape index (κ1) is 345. The summed E-state index contributed by atoms with van der Waals surface area (Å²) < 4.78 is 0. The number of hydrogen-bond donors (Lipinski definition) is 0. The fourth-order valence-corrected chi connectivity index (χ4v) is 0. The molecule has 0 radical (unpaired) electrons. The first-order valence-corrected chi connectivity index (χ1v) is 0. The molecule has 0 amide bonds. The summed E-state index contributed by atoms with van der Waals surface area (Å²) in [4.78, 5) is 0. The first-order valence-electron chi connectivity index (χ1n) is 0. The molecule has 0 saturated carbocycles. The molecule has 0 aromatic rings. The van der Waals surface area contributed by atoms with Gasteiger partial charge in [0.1, 0.15) is 0 Å². The number of nitrogens with two attached hydrogens (primary N) is 1. The minimum Gasteiger partial charge on any atom is -0.693 e. The summed E-state index contributed by atoms with van der Waals surface area (Å²) in [6, 6.07) is 0. The van der Waals surface area contributed by atoms with Gasteiger partial charge in [-0.05, 0) is 0 Å². The van der Waals surface area contributed by atoms with Crippen molar-refractivity contribution in [3.63, 3.8) is 0 Å². The van der Waals surface area contributed by atoms with Gasteiger partial charge in [-0.25, -0.2) is 0 Å². The van der Waals surface area contributed by atoms with E-state index >= 15 is 0 Å². The normalized spacial score (nSPS) is 0. The van der Waals surface area contributed by atoms with Crippen LogP contribution in [0.1, 0.15) is 0 Å². The van der Waals surface area contributed by atoms with Crippen molar-refractivity contribution in [2.24, 2.45) is 0 Å². The van der Waals surface area contributed by atoms with Crippen LogP contribution in [0.5, 0.6) is 0 Å². The fourth-order valence-electron chi connectivity index (χ4n) is 0. The summed E-state index contributed by atoms with van der Waals surface area (Å²) in [5, 5.41) is 0. The van der Waals surface area contributed by atoms with E-state index in [1.807, 2.05) is 0 Å². The van der Waals surface area contributed by atoms with Crippen LogP contribution in [0.4, 0.5) is 0 Å². The molecule has 0 aliphatic carbocycles. The second-order valence-corrected chi connectivity index (χ2v) is 0. The van der Waals surface area contributed by atoms with Gasteiger partial charge in [-0.15, -0.1) is 0 Å². The van der Waals surface area contributed by atoms with Gasteiger partial charge >= 0.3 is 19.5 Å². The average molecular weight is 162 g/mol. The number of rotatable bonds is 0. The van der Waals surface area contributed by atoms with Gasteiger partial charge in [0.2, 0.25) is 0 Å². The molecule has 0 aliphatic rings. The molecule has 0 saturated heterocycles. The van der Waals surface area contributed by atoms with Crippen molar-refractivity contribution < 1.29 is 19.5 Å². The molecule has 1 nitrogen and oxygen atoms in total. The predicted octanol–water partition coefficient (Wildman–Crippen LogP) is 2.07. The van der Waals surface area contributed by atoms with Crippen LogP contribution in [0.2, 0.25) is 0 Å². The minimum atomic E-state index is 0. The Labute approximate surface area is 48.5 Å². The van der Waals surface area contributed by atoms with Gasteiger partial charge in [0.25, 0.3) is 0 Å². The summed E-state index contributed by atoms with van der Waals surface area (Å²) in [7, 11) is 0. The molecule has 2 N–H and O–H groups in total. The third-order valence-electron chi connectivity index (χ3n) is 0. The van der Waals surface area contributed by atoms with E-state index in [4.69, 9.17) is 0 Å². The van der Waals surface area contributed by atoms with Gasteiger partial charge in [0.15, 0.2) is 0 Å². The van der Waals surface area contributed by atoms with E-state index in [2.05, 4.69) is 0 Å². The summed E-state index contributed by atoms with van der Waals surface area (Å²) in [5.74, 6) is 0. The van der Waals surface area contributed by atoms with E-state index in [0.29, 0.717) is 0 Å². The van der Waals surface area contributed by atoms with E-state index in [0.717, 1.165) is 0 Å². The maximum Gasteiger partial charge on any atom is 4.00 e. The standard InChI is InChI=1S/3CH3.H2N.Ru/h3*1H3;1H2;/q4*-1;+4. The molecule has 36 valence electrons. The molecule has 0 atom stereocenters. The van der Waals surface area contributed by atoms with Crippen molar-refractivity contribution in [1.29, 1.82) is 0 Å². The fraction of sp³-hybridized carbons (Fsp3) is 0. The van der Waals surface area contributed by atoms with E-state index < -0.39 is 0 Å². The predicted molar refractivity (Wildman–Crippen MR) is 24.5 cm³/mol. The zero-order chi connectivity index (χ0) is 0. The molecule has 0 heterocycles. The maximum absolute atomic E-state index is 0. The van der Waals surface area contributed by atoms with Crippen LogP contribution in [0.3, 0.4) is 0 Å². The average Bonchev–Trinajstić information content (AvgIpc) is 0. The molecule has 0 aromatic heterocycles. The van der Waals surface area contributed by atoms with Crippen LogP contribution in [0.15, 0.2) is 0 Å². The zero-order valence-electron chi connectivity index (χ0n) is 3.93. The SMILES string of the molecule is [CH3-].[CH3-].[CH3-].[NH2-].[Ru+4]. The molecule has 0 aliphatic heterocycles. The van der Waals surface area contributed by atoms with E-state index in [-0.39, 0.29) is 47.9 Å². The molecular formula is C3H11NRu. The van der Waals surface area contributed by atoms with E-state index in [1.165, 1.54) is 0 Å². The Morgan fingerprint density at radius 1 is 0.600 bits per heavy atom. The Hall–Kier alpha value is 0.583. The van der Waals surface area contributed by atoms with Gasteiger partial charge in [0.05, 0.1) is 0 Å². The van der Waals surface area contributed by atoms with E-state index in [9.17, 15) is 0 Å². The second-order valence-electron chi connectivity index (χ2n) is 0. The molecule has 2 heteroatoms. The van der Waals surface area contributed by atoms with Crippen LogP contribution in [-0.4, -0.2) is 0 Å². The molecule has 0 bridgehead atoms. The topological polar surface area (TPSA) is 33.5 Å². The summed E-state index contributed by atoms with van der Waals surface area (Å²) in [6.07, 6.45) is 0. The van der Waals surface area contributed by atoms with Crippen LogP contribution in [0.25, 0.3) is 6.15 Å². The Bertz CT molecular complexity index is 6.85. The largest absolute Gasteiger partial charge is 4.00 e. The monoisotopic (exact) mass is 163 g/mol. The molecule has 0 spiro atoms. The minimum absolute atomic E-state index is 0. The third-order valence-corrected chi connectivity index (χ3v) is 0. The van der Waals surface area contributed by atoms with Crippen molar-refractivity contribution in [1.82, 2.24) is 0 Å². The van der Waals surface area contributed by atoms with E-state index in [1.54, 1.807) is 0 Å².